The summed E-state index contributed by atoms with van der Waals surface area (Å²) in [5, 5.41) is 10.6. The van der Waals surface area contributed by atoms with Crippen molar-refractivity contribution in [1.82, 2.24) is 0 Å². The molecular formula is C12H15NO3. The summed E-state index contributed by atoms with van der Waals surface area (Å²) < 4.78 is 5.58. The highest BCUT2D eigenvalue weighted by molar-refractivity contribution is 5.45. The molecular weight excluding hydrogens is 206 g/mol. The first kappa shape index (κ1) is 10.9. The molecule has 2 unspecified atom stereocenters. The first-order valence-corrected chi connectivity index (χ1v) is 5.56. The lowest BCUT2D eigenvalue weighted by Crippen LogP contribution is -1.96. The van der Waals surface area contributed by atoms with Crippen LogP contribution in [0.3, 0.4) is 0 Å². The van der Waals surface area contributed by atoms with Gasteiger partial charge in [-0.05, 0) is 24.5 Å². The summed E-state index contributed by atoms with van der Waals surface area (Å²) >= 11 is 0. The van der Waals surface area contributed by atoms with Crippen LogP contribution in [0.25, 0.3) is 6.08 Å². The molecule has 86 valence electrons. The van der Waals surface area contributed by atoms with Crippen molar-refractivity contribution in [3.63, 3.8) is 0 Å². The van der Waals surface area contributed by atoms with Gasteiger partial charge >= 0.3 is 0 Å². The number of hydrogen-bond donors (Lipinski definition) is 0. The number of rotatable bonds is 4. The minimum Gasteiger partial charge on any atom is -0.461 e. The van der Waals surface area contributed by atoms with E-state index < -0.39 is 0 Å². The molecule has 0 bridgehead atoms. The molecule has 16 heavy (non-hydrogen) atoms. The summed E-state index contributed by atoms with van der Waals surface area (Å²) in [7, 11) is 0. The fourth-order valence-corrected chi connectivity index (χ4v) is 1.81. The molecule has 2 rings (SSSR count). The van der Waals surface area contributed by atoms with Crippen LogP contribution in [0.15, 0.2) is 22.2 Å². The van der Waals surface area contributed by atoms with Gasteiger partial charge in [0.15, 0.2) is 0 Å². The fourth-order valence-electron chi connectivity index (χ4n) is 1.81. The van der Waals surface area contributed by atoms with Crippen LogP contribution in [-0.2, 0) is 0 Å². The molecule has 4 nitrogen and oxygen atoms in total. The van der Waals surface area contributed by atoms with Crippen molar-refractivity contribution in [2.24, 2.45) is 5.92 Å². The molecule has 1 fully saturated rings. The van der Waals surface area contributed by atoms with E-state index in [0.29, 0.717) is 24.0 Å². The van der Waals surface area contributed by atoms with E-state index in [1.165, 1.54) is 6.08 Å². The van der Waals surface area contributed by atoms with Crippen LogP contribution in [-0.4, -0.2) is 4.92 Å². The third kappa shape index (κ3) is 2.15. The number of furan rings is 1. The number of hydrogen-bond acceptors (Lipinski definition) is 3. The molecule has 0 aliphatic heterocycles. The maximum atomic E-state index is 10.6. The predicted molar refractivity (Wildman–Crippen MR) is 60.5 cm³/mol. The van der Waals surface area contributed by atoms with Gasteiger partial charge in [0.25, 0.3) is 0 Å². The summed E-state index contributed by atoms with van der Waals surface area (Å²) in [6.07, 6.45) is 3.08. The molecule has 0 saturated heterocycles. The molecule has 1 aromatic heterocycles. The van der Waals surface area contributed by atoms with Crippen molar-refractivity contribution in [2.75, 3.05) is 0 Å². The molecule has 1 heterocycles. The molecule has 4 heteroatoms. The second-order valence-electron chi connectivity index (χ2n) is 4.31. The van der Waals surface area contributed by atoms with Crippen molar-refractivity contribution in [3.8, 4) is 0 Å². The van der Waals surface area contributed by atoms with Gasteiger partial charge in [0.1, 0.15) is 11.5 Å². The predicted octanol–water partition coefficient (Wildman–Crippen LogP) is 3.43. The van der Waals surface area contributed by atoms with Crippen LogP contribution in [0.4, 0.5) is 0 Å². The van der Waals surface area contributed by atoms with E-state index in [4.69, 9.17) is 4.42 Å². The fraction of sp³-hybridized carbons (Fsp3) is 0.500. The van der Waals surface area contributed by atoms with E-state index in [1.54, 1.807) is 13.0 Å². The maximum absolute atomic E-state index is 10.6. The number of allylic oxidation sites excluding steroid dienone is 1. The summed E-state index contributed by atoms with van der Waals surface area (Å²) in [5.41, 5.74) is 0.185. The Balaban J connectivity index is 2.15. The zero-order chi connectivity index (χ0) is 11.7. The topological polar surface area (TPSA) is 56.3 Å². The van der Waals surface area contributed by atoms with Crippen molar-refractivity contribution < 1.29 is 9.34 Å². The Morgan fingerprint density at radius 1 is 1.69 bits per heavy atom. The molecule has 0 N–H and O–H groups in total. The first-order valence-electron chi connectivity index (χ1n) is 5.56. The van der Waals surface area contributed by atoms with Gasteiger partial charge in [0.05, 0.1) is 11.0 Å². The largest absolute Gasteiger partial charge is 0.461 e. The Morgan fingerprint density at radius 3 is 2.88 bits per heavy atom. The molecule has 2 atom stereocenters. The number of nitro groups is 1. The van der Waals surface area contributed by atoms with Gasteiger partial charge in [0, 0.05) is 12.3 Å². The molecule has 0 radical (unpaired) electrons. The molecule has 0 spiro atoms. The van der Waals surface area contributed by atoms with Crippen molar-refractivity contribution in [3.05, 3.63) is 39.5 Å². The van der Waals surface area contributed by atoms with Crippen molar-refractivity contribution in [2.45, 2.75) is 32.6 Å². The average molecular weight is 221 g/mol. The summed E-state index contributed by atoms with van der Waals surface area (Å²) in [6, 6.07) is 3.73. The Labute approximate surface area is 94.1 Å². The highest BCUT2D eigenvalue weighted by Gasteiger charge is 2.36. The van der Waals surface area contributed by atoms with Crippen LogP contribution in [0.5, 0.6) is 0 Å². The zero-order valence-corrected chi connectivity index (χ0v) is 9.47. The highest BCUT2D eigenvalue weighted by atomic mass is 16.6. The van der Waals surface area contributed by atoms with Gasteiger partial charge < -0.3 is 4.42 Å². The van der Waals surface area contributed by atoms with Crippen molar-refractivity contribution >= 4 is 6.08 Å². The maximum Gasteiger partial charge on any atom is 0.249 e. The Hall–Kier alpha value is -1.58. The smallest absolute Gasteiger partial charge is 0.249 e. The van der Waals surface area contributed by atoms with Gasteiger partial charge in [0.2, 0.25) is 5.70 Å². The third-order valence-electron chi connectivity index (χ3n) is 3.03. The number of nitrogens with zero attached hydrogens (tertiary/aromatic N) is 1. The Kier molecular flexibility index (Phi) is 2.81. The van der Waals surface area contributed by atoms with Crippen LogP contribution >= 0.6 is 0 Å². The lowest BCUT2D eigenvalue weighted by atomic mass is 10.2. The summed E-state index contributed by atoms with van der Waals surface area (Å²) in [6.45, 7) is 3.94. The van der Waals surface area contributed by atoms with Crippen LogP contribution in [0, 0.1) is 16.0 Å². The van der Waals surface area contributed by atoms with Crippen molar-refractivity contribution in [1.29, 1.82) is 0 Å². The lowest BCUT2D eigenvalue weighted by molar-refractivity contribution is -0.425. The minimum atomic E-state index is -0.359. The Morgan fingerprint density at radius 2 is 2.38 bits per heavy atom. The second kappa shape index (κ2) is 4.12. The normalized spacial score (nSPS) is 24.5. The monoisotopic (exact) mass is 221 g/mol. The zero-order valence-electron chi connectivity index (χ0n) is 9.47. The van der Waals surface area contributed by atoms with E-state index in [2.05, 4.69) is 6.92 Å². The van der Waals surface area contributed by atoms with E-state index >= 15 is 0 Å². The summed E-state index contributed by atoms with van der Waals surface area (Å²) in [5.74, 6) is 2.74. The standard InChI is InChI=1S/C12H15NO3/c1-3-9(13(14)15)7-10-4-5-12(16-10)11-6-8(11)2/h4-5,7-8,11H,3,6H2,1-2H3. The lowest BCUT2D eigenvalue weighted by Gasteiger charge is -1.93. The van der Waals surface area contributed by atoms with Gasteiger partial charge in [-0.15, -0.1) is 0 Å². The van der Waals surface area contributed by atoms with E-state index in [9.17, 15) is 10.1 Å². The molecule has 1 saturated carbocycles. The average Bonchev–Trinajstić information content (AvgIpc) is 2.79. The molecule has 0 amide bonds. The van der Waals surface area contributed by atoms with Crippen LogP contribution in [0.2, 0.25) is 0 Å². The quantitative estimate of drug-likeness (QED) is 0.578. The van der Waals surface area contributed by atoms with Gasteiger partial charge in [-0.25, -0.2) is 0 Å². The van der Waals surface area contributed by atoms with E-state index in [1.807, 2.05) is 6.07 Å². The van der Waals surface area contributed by atoms with Crippen LogP contribution < -0.4 is 0 Å². The molecule has 0 aromatic carbocycles. The van der Waals surface area contributed by atoms with Crippen LogP contribution in [0.1, 0.15) is 44.1 Å². The van der Waals surface area contributed by atoms with E-state index in [-0.39, 0.29) is 10.6 Å². The molecule has 1 aromatic rings. The molecule has 1 aliphatic carbocycles. The molecule has 1 aliphatic rings. The minimum absolute atomic E-state index is 0.185. The van der Waals surface area contributed by atoms with E-state index in [0.717, 1.165) is 12.2 Å². The SMILES string of the molecule is CCC(=Cc1ccc(C2CC2C)o1)[N+](=O)[O-]. The van der Waals surface area contributed by atoms with Gasteiger partial charge in [-0.1, -0.05) is 13.8 Å². The first-order chi connectivity index (χ1) is 7.61. The summed E-state index contributed by atoms with van der Waals surface area (Å²) in [4.78, 5) is 10.3. The Bertz CT molecular complexity index is 433. The third-order valence-corrected chi connectivity index (χ3v) is 3.03. The highest BCUT2D eigenvalue weighted by Crippen LogP contribution is 2.47. The second-order valence-corrected chi connectivity index (χ2v) is 4.31. The van der Waals surface area contributed by atoms with Gasteiger partial charge in [-0.2, -0.15) is 0 Å². The van der Waals surface area contributed by atoms with Gasteiger partial charge in [-0.3, -0.25) is 10.1 Å².